The molecule has 0 bridgehead atoms. The van der Waals surface area contributed by atoms with Gasteiger partial charge in [0.05, 0.1) is 23.4 Å². The number of carbonyl (C=O) groups excluding carboxylic acids is 3. The molecular weight excluding hydrogens is 396 g/mol. The van der Waals surface area contributed by atoms with Gasteiger partial charge in [0, 0.05) is 13.0 Å². The number of rotatable bonds is 7. The lowest BCUT2D eigenvalue weighted by Gasteiger charge is -2.13. The van der Waals surface area contributed by atoms with Gasteiger partial charge >= 0.3 is 0 Å². The summed E-state index contributed by atoms with van der Waals surface area (Å²) in [6, 6.07) is 12.6. The zero-order valence-corrected chi connectivity index (χ0v) is 17.3. The van der Waals surface area contributed by atoms with E-state index in [0.717, 1.165) is 11.3 Å². The van der Waals surface area contributed by atoms with Gasteiger partial charge in [0.25, 0.3) is 11.8 Å². The molecule has 0 atom stereocenters. The molecule has 2 heterocycles. The number of fused-ring (bicyclic) bond motifs is 1. The van der Waals surface area contributed by atoms with Crippen LogP contribution in [0.5, 0.6) is 0 Å². The first-order valence-electron chi connectivity index (χ1n) is 10.0. The first-order chi connectivity index (χ1) is 15.0. The molecule has 0 aliphatic carbocycles. The van der Waals surface area contributed by atoms with Crippen LogP contribution in [0.4, 0.5) is 0 Å². The second-order valence-corrected chi connectivity index (χ2v) is 7.46. The Morgan fingerprint density at radius 1 is 1.00 bits per heavy atom. The third kappa shape index (κ3) is 4.07. The van der Waals surface area contributed by atoms with Gasteiger partial charge in [-0.3, -0.25) is 19.3 Å². The molecule has 4 rings (SSSR count). The fraction of sp³-hybridized carbons (Fsp3) is 0.273. The molecule has 9 nitrogen and oxygen atoms in total. The van der Waals surface area contributed by atoms with Crippen molar-refractivity contribution in [3.63, 3.8) is 0 Å². The number of aryl methyl sites for hydroxylation is 2. The summed E-state index contributed by atoms with van der Waals surface area (Å²) in [6.07, 6.45) is 0.554. The molecule has 158 valence electrons. The van der Waals surface area contributed by atoms with Crippen LogP contribution in [0.25, 0.3) is 5.69 Å². The molecule has 3 amide bonds. The molecule has 0 saturated heterocycles. The largest absolute Gasteiger partial charge is 0.349 e. The Kier molecular flexibility index (Phi) is 5.57. The van der Waals surface area contributed by atoms with Crippen LogP contribution in [0, 0.1) is 13.8 Å². The molecule has 1 aromatic heterocycles. The monoisotopic (exact) mass is 418 g/mol. The molecule has 3 aromatic rings. The van der Waals surface area contributed by atoms with Gasteiger partial charge in [0.15, 0.2) is 5.82 Å². The predicted molar refractivity (Wildman–Crippen MR) is 112 cm³/mol. The van der Waals surface area contributed by atoms with Gasteiger partial charge in [-0.2, -0.15) is 4.68 Å². The first kappa shape index (κ1) is 20.4. The van der Waals surface area contributed by atoms with Crippen molar-refractivity contribution >= 4 is 17.7 Å². The summed E-state index contributed by atoms with van der Waals surface area (Å²) >= 11 is 0. The fourth-order valence-corrected chi connectivity index (χ4v) is 3.48. The van der Waals surface area contributed by atoms with Gasteiger partial charge in [-0.1, -0.05) is 18.2 Å². The first-order valence-corrected chi connectivity index (χ1v) is 10.0. The van der Waals surface area contributed by atoms with E-state index in [1.54, 1.807) is 28.9 Å². The van der Waals surface area contributed by atoms with Crippen LogP contribution in [-0.2, 0) is 11.3 Å². The maximum Gasteiger partial charge on any atom is 0.261 e. The SMILES string of the molecule is Cc1ccc(-n2nnnc2CNC(=O)CCCN2C(=O)c3ccccc3C2=O)cc1C. The van der Waals surface area contributed by atoms with Crippen LogP contribution < -0.4 is 5.32 Å². The minimum absolute atomic E-state index is 0.172. The third-order valence-electron chi connectivity index (χ3n) is 5.38. The Balaban J connectivity index is 1.29. The van der Waals surface area contributed by atoms with Crippen molar-refractivity contribution < 1.29 is 14.4 Å². The zero-order chi connectivity index (χ0) is 22.0. The van der Waals surface area contributed by atoms with Gasteiger partial charge in [-0.05, 0) is 66.1 Å². The summed E-state index contributed by atoms with van der Waals surface area (Å²) in [4.78, 5) is 38.2. The number of amides is 3. The highest BCUT2D eigenvalue weighted by Crippen LogP contribution is 2.22. The predicted octanol–water partition coefficient (Wildman–Crippen LogP) is 1.97. The molecule has 1 N–H and O–H groups in total. The Morgan fingerprint density at radius 3 is 2.39 bits per heavy atom. The van der Waals surface area contributed by atoms with Crippen LogP contribution in [0.15, 0.2) is 42.5 Å². The van der Waals surface area contributed by atoms with Crippen LogP contribution in [0.3, 0.4) is 0 Å². The maximum absolute atomic E-state index is 12.4. The molecule has 0 fully saturated rings. The average Bonchev–Trinajstić information content (AvgIpc) is 3.33. The summed E-state index contributed by atoms with van der Waals surface area (Å²) in [6.45, 7) is 4.41. The van der Waals surface area contributed by atoms with E-state index in [-0.39, 0.29) is 37.2 Å². The van der Waals surface area contributed by atoms with Crippen molar-refractivity contribution in [1.29, 1.82) is 0 Å². The summed E-state index contributed by atoms with van der Waals surface area (Å²) in [7, 11) is 0. The van der Waals surface area contributed by atoms with Crippen molar-refractivity contribution in [1.82, 2.24) is 30.4 Å². The molecule has 9 heteroatoms. The number of carbonyl (C=O) groups is 3. The lowest BCUT2D eigenvalue weighted by molar-refractivity contribution is -0.121. The van der Waals surface area contributed by atoms with Crippen molar-refractivity contribution in [2.24, 2.45) is 0 Å². The minimum atomic E-state index is -0.312. The highest BCUT2D eigenvalue weighted by atomic mass is 16.2. The fourth-order valence-electron chi connectivity index (χ4n) is 3.48. The summed E-state index contributed by atoms with van der Waals surface area (Å²) in [5.74, 6) is -0.314. The number of imide groups is 1. The van der Waals surface area contributed by atoms with Gasteiger partial charge in [-0.15, -0.1) is 5.10 Å². The number of nitrogens with one attached hydrogen (secondary N) is 1. The van der Waals surface area contributed by atoms with Gasteiger partial charge < -0.3 is 5.32 Å². The number of nitrogens with zero attached hydrogens (tertiary/aromatic N) is 5. The Labute approximate surface area is 179 Å². The number of tetrazole rings is 1. The molecule has 0 unspecified atom stereocenters. The van der Waals surface area contributed by atoms with Crippen molar-refractivity contribution in [3.8, 4) is 5.69 Å². The molecular formula is C22H22N6O3. The van der Waals surface area contributed by atoms with Crippen molar-refractivity contribution in [3.05, 3.63) is 70.5 Å². The molecule has 1 aliphatic heterocycles. The summed E-state index contributed by atoms with van der Waals surface area (Å²) in [5, 5.41) is 14.5. The smallest absolute Gasteiger partial charge is 0.261 e. The van der Waals surface area contributed by atoms with E-state index in [2.05, 4.69) is 20.8 Å². The van der Waals surface area contributed by atoms with E-state index < -0.39 is 0 Å². The van der Waals surface area contributed by atoms with Crippen molar-refractivity contribution in [2.45, 2.75) is 33.2 Å². The van der Waals surface area contributed by atoms with E-state index in [0.29, 0.717) is 23.4 Å². The molecule has 0 radical (unpaired) electrons. The number of hydrogen-bond donors (Lipinski definition) is 1. The highest BCUT2D eigenvalue weighted by Gasteiger charge is 2.34. The van der Waals surface area contributed by atoms with E-state index in [9.17, 15) is 14.4 Å². The van der Waals surface area contributed by atoms with E-state index in [1.807, 2.05) is 32.0 Å². The zero-order valence-electron chi connectivity index (χ0n) is 17.3. The average molecular weight is 418 g/mol. The standard InChI is InChI=1S/C22H22N6O3/c1-14-9-10-16(12-15(14)2)28-19(24-25-26-28)13-23-20(29)8-5-11-27-21(30)17-6-3-4-7-18(17)22(27)31/h3-4,6-7,9-10,12H,5,8,11,13H2,1-2H3,(H,23,29). The van der Waals surface area contributed by atoms with E-state index in [1.165, 1.54) is 10.5 Å². The maximum atomic E-state index is 12.4. The van der Waals surface area contributed by atoms with Crippen LogP contribution >= 0.6 is 0 Å². The normalized spacial score (nSPS) is 12.9. The molecule has 2 aromatic carbocycles. The lowest BCUT2D eigenvalue weighted by Crippen LogP contribution is -2.32. The van der Waals surface area contributed by atoms with Crippen LogP contribution in [0.2, 0.25) is 0 Å². The highest BCUT2D eigenvalue weighted by molar-refractivity contribution is 6.21. The van der Waals surface area contributed by atoms with E-state index in [4.69, 9.17) is 0 Å². The second-order valence-electron chi connectivity index (χ2n) is 7.46. The summed E-state index contributed by atoms with van der Waals surface area (Å²) < 4.78 is 1.59. The number of aromatic nitrogens is 4. The molecule has 31 heavy (non-hydrogen) atoms. The van der Waals surface area contributed by atoms with Crippen LogP contribution in [0.1, 0.15) is 50.5 Å². The summed E-state index contributed by atoms with van der Waals surface area (Å²) in [5.41, 5.74) is 3.94. The Morgan fingerprint density at radius 2 is 1.71 bits per heavy atom. The van der Waals surface area contributed by atoms with E-state index >= 15 is 0 Å². The minimum Gasteiger partial charge on any atom is -0.349 e. The second kappa shape index (κ2) is 8.47. The Bertz CT molecular complexity index is 1130. The van der Waals surface area contributed by atoms with Gasteiger partial charge in [-0.25, -0.2) is 0 Å². The quantitative estimate of drug-likeness (QED) is 0.588. The molecule has 1 aliphatic rings. The number of hydrogen-bond acceptors (Lipinski definition) is 6. The molecule has 0 spiro atoms. The Hall–Kier alpha value is -3.88. The lowest BCUT2D eigenvalue weighted by atomic mass is 10.1. The van der Waals surface area contributed by atoms with Crippen LogP contribution in [-0.4, -0.2) is 49.4 Å². The topological polar surface area (TPSA) is 110 Å². The number of benzene rings is 2. The third-order valence-corrected chi connectivity index (χ3v) is 5.38. The van der Waals surface area contributed by atoms with Crippen molar-refractivity contribution in [2.75, 3.05) is 6.54 Å². The van der Waals surface area contributed by atoms with Gasteiger partial charge in [0.1, 0.15) is 0 Å². The van der Waals surface area contributed by atoms with Gasteiger partial charge in [0.2, 0.25) is 5.91 Å². The molecule has 0 saturated carbocycles.